The van der Waals surface area contributed by atoms with Crippen LogP contribution >= 0.6 is 0 Å². The zero-order valence-electron chi connectivity index (χ0n) is 1.96. The molecular weight excluding hydrogens is 357 g/mol. The average Bonchev–Trinajstić information content (AvgIpc) is 0. The molecule has 0 aliphatic carbocycles. The minimum Gasteiger partial charge on any atom is -2.00 e. The molecular formula is EuGdO3. The van der Waals surface area contributed by atoms with E-state index in [1.54, 1.807) is 0 Å². The number of hydrogen-bond acceptors (Lipinski definition) is 0. The van der Waals surface area contributed by atoms with Crippen molar-refractivity contribution in [2.45, 2.75) is 0 Å². The van der Waals surface area contributed by atoms with Gasteiger partial charge in [0.25, 0.3) is 0 Å². The van der Waals surface area contributed by atoms with Gasteiger partial charge in [-0.3, -0.25) is 0 Å². The van der Waals surface area contributed by atoms with E-state index in [2.05, 4.69) is 0 Å². The summed E-state index contributed by atoms with van der Waals surface area (Å²) in [5, 5.41) is 0. The third-order valence-electron chi connectivity index (χ3n) is 0. The average molecular weight is 357 g/mol. The molecule has 0 spiro atoms. The molecule has 0 unspecified atom stereocenters. The first-order chi connectivity index (χ1) is 0. The standard InChI is InChI=1S/Eu.Gd.3O/q2*+3;3*-2. The van der Waals surface area contributed by atoms with Gasteiger partial charge in [-0.25, -0.2) is 0 Å². The smallest absolute Gasteiger partial charge is 2.00 e. The maximum absolute atomic E-state index is 0. The van der Waals surface area contributed by atoms with E-state index < -0.39 is 0 Å². The Bertz CT molecular complexity index is 6.85. The van der Waals surface area contributed by atoms with Crippen molar-refractivity contribution >= 4 is 0 Å². The fraction of sp³-hybridized carbons (Fsp3) is 0. The van der Waals surface area contributed by atoms with Crippen LogP contribution in [0.1, 0.15) is 0 Å². The van der Waals surface area contributed by atoms with Gasteiger partial charge in [-0.2, -0.15) is 0 Å². The first-order valence-corrected chi connectivity index (χ1v) is 0. The minimum atomic E-state index is 0. The van der Waals surface area contributed by atoms with Crippen LogP contribution in [0.3, 0.4) is 0 Å². The molecule has 0 fully saturated rings. The molecule has 33 valence electrons. The van der Waals surface area contributed by atoms with Crippen molar-refractivity contribution in [1.82, 2.24) is 0 Å². The molecule has 0 atom stereocenters. The number of hydrogen-bond donors (Lipinski definition) is 0. The molecule has 0 heterocycles. The van der Waals surface area contributed by atoms with Gasteiger partial charge in [-0.15, -0.1) is 0 Å². The molecule has 3 nitrogen and oxygen atoms in total. The second-order valence-electron chi connectivity index (χ2n) is 0. The summed E-state index contributed by atoms with van der Waals surface area (Å²) < 4.78 is 0. The summed E-state index contributed by atoms with van der Waals surface area (Å²) in [4.78, 5) is 0. The SMILES string of the molecule is [Eu+3].[Gd+3].[O-2].[O-2].[O-2]. The summed E-state index contributed by atoms with van der Waals surface area (Å²) in [7, 11) is 0. The molecule has 0 amide bonds. The van der Waals surface area contributed by atoms with Crippen LogP contribution in [0.25, 0.3) is 0 Å². The molecule has 0 saturated carbocycles. The van der Waals surface area contributed by atoms with Crippen LogP contribution < -0.4 is 0 Å². The molecule has 0 aromatic heterocycles. The van der Waals surface area contributed by atoms with Gasteiger partial charge in [0.05, 0.1) is 0 Å². The quantitative estimate of drug-likeness (QED) is 0.567. The van der Waals surface area contributed by atoms with E-state index in [9.17, 15) is 0 Å². The molecule has 0 aliphatic heterocycles. The summed E-state index contributed by atoms with van der Waals surface area (Å²) >= 11 is 0. The van der Waals surface area contributed by atoms with Crippen LogP contribution in [0.15, 0.2) is 0 Å². The third-order valence-corrected chi connectivity index (χ3v) is 0. The topological polar surface area (TPSA) is 85.5 Å². The van der Waals surface area contributed by atoms with Crippen molar-refractivity contribution < 1.29 is 106 Å². The van der Waals surface area contributed by atoms with Crippen LogP contribution in [0.2, 0.25) is 0 Å². The predicted molar refractivity (Wildman–Crippen MR) is 2.06 cm³/mol. The van der Waals surface area contributed by atoms with Crippen molar-refractivity contribution in [2.75, 3.05) is 0 Å². The molecule has 0 aromatic rings. The molecule has 0 bridgehead atoms. The molecule has 0 N–H and O–H groups in total. The van der Waals surface area contributed by atoms with E-state index in [-0.39, 0.29) is 106 Å². The molecule has 0 aliphatic rings. The molecule has 0 rings (SSSR count). The maximum atomic E-state index is 0. The van der Waals surface area contributed by atoms with Crippen molar-refractivity contribution in [1.29, 1.82) is 0 Å². The van der Waals surface area contributed by atoms with Gasteiger partial charge in [0.1, 0.15) is 0 Å². The van der Waals surface area contributed by atoms with Crippen molar-refractivity contribution in [3.05, 3.63) is 0 Å². The van der Waals surface area contributed by atoms with Crippen molar-refractivity contribution in [3.8, 4) is 0 Å². The summed E-state index contributed by atoms with van der Waals surface area (Å²) in [6.45, 7) is 0. The molecule has 5 heteroatoms. The van der Waals surface area contributed by atoms with Crippen LogP contribution in [-0.4, -0.2) is 0 Å². The molecule has 0 saturated heterocycles. The van der Waals surface area contributed by atoms with Gasteiger partial charge in [0.2, 0.25) is 0 Å². The zero-order valence-corrected chi connectivity index (χ0v) is 6.65. The zero-order chi connectivity index (χ0) is 0. The largest absolute Gasteiger partial charge is 3.00 e. The Hall–Kier alpha value is 2.79. The second kappa shape index (κ2) is 29.2. The second-order valence-corrected chi connectivity index (χ2v) is 0. The number of rotatable bonds is 0. The van der Waals surface area contributed by atoms with E-state index in [1.807, 2.05) is 0 Å². The van der Waals surface area contributed by atoms with Gasteiger partial charge in [0.15, 0.2) is 0 Å². The maximum Gasteiger partial charge on any atom is 3.00 e. The summed E-state index contributed by atoms with van der Waals surface area (Å²) in [5.74, 6) is 0. The normalized spacial score (nSPS) is 0. The van der Waals surface area contributed by atoms with Crippen molar-refractivity contribution in [2.24, 2.45) is 0 Å². The van der Waals surface area contributed by atoms with Gasteiger partial charge >= 0.3 is 89.3 Å². The van der Waals surface area contributed by atoms with Gasteiger partial charge in [0, 0.05) is 0 Å². The fourth-order valence-corrected chi connectivity index (χ4v) is 0. The van der Waals surface area contributed by atoms with Crippen LogP contribution in [0, 0.1) is 89.3 Å². The van der Waals surface area contributed by atoms with E-state index in [4.69, 9.17) is 0 Å². The summed E-state index contributed by atoms with van der Waals surface area (Å²) in [6.07, 6.45) is 0. The third kappa shape index (κ3) is 20.0. The van der Waals surface area contributed by atoms with E-state index in [1.165, 1.54) is 0 Å². The first kappa shape index (κ1) is 46.2. The Labute approximate surface area is 103 Å². The minimum absolute atomic E-state index is 0. The van der Waals surface area contributed by atoms with Gasteiger partial charge in [-0.1, -0.05) is 0 Å². The van der Waals surface area contributed by atoms with Crippen LogP contribution in [-0.2, 0) is 16.4 Å². The van der Waals surface area contributed by atoms with Gasteiger partial charge in [-0.05, 0) is 0 Å². The molecule has 0 aromatic carbocycles. The Kier molecular flexibility index (Phi) is 270. The van der Waals surface area contributed by atoms with Gasteiger partial charge < -0.3 is 16.4 Å². The summed E-state index contributed by atoms with van der Waals surface area (Å²) in [6, 6.07) is 0. The van der Waals surface area contributed by atoms with E-state index >= 15 is 0 Å². The molecule has 5 heavy (non-hydrogen) atoms. The van der Waals surface area contributed by atoms with E-state index in [0.29, 0.717) is 0 Å². The summed E-state index contributed by atoms with van der Waals surface area (Å²) in [5.41, 5.74) is 0. The first-order valence-electron chi connectivity index (χ1n) is 0. The molecule has 1 radical (unpaired) electrons. The Morgan fingerprint density at radius 1 is 0.600 bits per heavy atom. The fourth-order valence-electron chi connectivity index (χ4n) is 0. The van der Waals surface area contributed by atoms with Crippen LogP contribution in [0.5, 0.6) is 0 Å². The monoisotopic (exact) mass is 359 g/mol. The van der Waals surface area contributed by atoms with Crippen LogP contribution in [0.4, 0.5) is 0 Å². The van der Waals surface area contributed by atoms with E-state index in [0.717, 1.165) is 0 Å². The van der Waals surface area contributed by atoms with Crippen molar-refractivity contribution in [3.63, 3.8) is 0 Å². The Morgan fingerprint density at radius 2 is 0.600 bits per heavy atom. The predicted octanol–water partition coefficient (Wildman–Crippen LogP) is -0.356. The Balaban J connectivity index is 0. The Morgan fingerprint density at radius 3 is 0.600 bits per heavy atom.